The number of rotatable bonds is 5. The number of nitrogens with zero attached hydrogens (tertiary/aromatic N) is 1. The van der Waals surface area contributed by atoms with Gasteiger partial charge in [0.2, 0.25) is 5.91 Å². The van der Waals surface area contributed by atoms with Gasteiger partial charge in [-0.15, -0.1) is 0 Å². The zero-order valence-corrected chi connectivity index (χ0v) is 14.4. The molecular weight excluding hydrogens is 295 g/mol. The summed E-state index contributed by atoms with van der Waals surface area (Å²) < 4.78 is 20.1. The van der Waals surface area contributed by atoms with E-state index >= 15 is 0 Å². The van der Waals surface area contributed by atoms with Crippen LogP contribution in [0.25, 0.3) is 0 Å². The summed E-state index contributed by atoms with van der Waals surface area (Å²) >= 11 is 0. The number of halogens is 1. The Labute approximate surface area is 138 Å². The topological polar surface area (TPSA) is 41.6 Å². The molecule has 2 rings (SSSR count). The molecular formula is C18H27FN2O2. The molecule has 1 fully saturated rings. The lowest BCUT2D eigenvalue weighted by molar-refractivity contribution is -0.121. The van der Waals surface area contributed by atoms with Crippen LogP contribution in [-0.4, -0.2) is 31.2 Å². The summed E-state index contributed by atoms with van der Waals surface area (Å²) in [4.78, 5) is 13.7. The van der Waals surface area contributed by atoms with Gasteiger partial charge < -0.3 is 15.0 Å². The molecule has 1 aliphatic heterocycles. The molecule has 4 nitrogen and oxygen atoms in total. The Kier molecular flexibility index (Phi) is 5.99. The van der Waals surface area contributed by atoms with E-state index in [0.717, 1.165) is 5.56 Å². The van der Waals surface area contributed by atoms with E-state index in [1.807, 2.05) is 38.7 Å². The van der Waals surface area contributed by atoms with Crippen molar-refractivity contribution in [2.24, 2.45) is 5.92 Å². The van der Waals surface area contributed by atoms with Gasteiger partial charge >= 0.3 is 0 Å². The number of carbonyl (C=O) groups excluding carboxylic acids is 1. The molecule has 1 aromatic rings. The molecule has 0 spiro atoms. The Bertz CT molecular complexity index is 538. The highest BCUT2D eigenvalue weighted by Crippen LogP contribution is 2.24. The van der Waals surface area contributed by atoms with Crippen LogP contribution in [0.1, 0.15) is 39.7 Å². The molecule has 0 radical (unpaired) electrons. The predicted molar refractivity (Wildman–Crippen MR) is 89.9 cm³/mol. The van der Waals surface area contributed by atoms with Crippen LogP contribution in [0, 0.1) is 11.7 Å². The number of morpholine rings is 1. The molecule has 1 heterocycles. The highest BCUT2D eigenvalue weighted by molar-refractivity contribution is 5.76. The fourth-order valence-corrected chi connectivity index (χ4v) is 2.94. The first-order chi connectivity index (χ1) is 10.8. The number of benzene rings is 1. The Balaban J connectivity index is 1.99. The maximum absolute atomic E-state index is 14.4. The van der Waals surface area contributed by atoms with Crippen LogP contribution >= 0.6 is 0 Å². The molecule has 5 heteroatoms. The highest BCUT2D eigenvalue weighted by Gasteiger charge is 2.24. The van der Waals surface area contributed by atoms with Crippen LogP contribution in [-0.2, 0) is 16.1 Å². The van der Waals surface area contributed by atoms with Crippen molar-refractivity contribution in [3.05, 3.63) is 29.6 Å². The summed E-state index contributed by atoms with van der Waals surface area (Å²) in [6, 6.07) is 5.18. The number of anilines is 1. The van der Waals surface area contributed by atoms with Gasteiger partial charge in [0, 0.05) is 26.1 Å². The summed E-state index contributed by atoms with van der Waals surface area (Å²) in [5.41, 5.74) is 1.38. The Hall–Kier alpha value is -1.62. The molecule has 0 unspecified atom stereocenters. The third kappa shape index (κ3) is 5.20. The van der Waals surface area contributed by atoms with E-state index < -0.39 is 0 Å². The number of carbonyl (C=O) groups is 1. The first-order valence-electron chi connectivity index (χ1n) is 8.30. The van der Waals surface area contributed by atoms with Gasteiger partial charge in [0.1, 0.15) is 5.82 Å². The van der Waals surface area contributed by atoms with Crippen molar-refractivity contribution < 1.29 is 13.9 Å². The van der Waals surface area contributed by atoms with Crippen molar-refractivity contribution in [3.63, 3.8) is 0 Å². The molecule has 1 amide bonds. The van der Waals surface area contributed by atoms with Crippen molar-refractivity contribution >= 4 is 11.6 Å². The van der Waals surface area contributed by atoms with E-state index in [0.29, 0.717) is 37.7 Å². The molecule has 23 heavy (non-hydrogen) atoms. The summed E-state index contributed by atoms with van der Waals surface area (Å²) in [7, 11) is 0. The third-order valence-electron chi connectivity index (χ3n) is 3.86. The van der Waals surface area contributed by atoms with Crippen molar-refractivity contribution in [2.45, 2.75) is 52.9 Å². The fraction of sp³-hybridized carbons (Fsp3) is 0.611. The van der Waals surface area contributed by atoms with E-state index in [2.05, 4.69) is 5.32 Å². The van der Waals surface area contributed by atoms with Crippen molar-refractivity contribution in [2.75, 3.05) is 18.0 Å². The number of ether oxygens (including phenoxy) is 1. The number of nitrogens with one attached hydrogen (secondary N) is 1. The molecule has 0 saturated carbocycles. The molecule has 0 bridgehead atoms. The lowest BCUT2D eigenvalue weighted by atomic mass is 10.1. The Morgan fingerprint density at radius 1 is 1.35 bits per heavy atom. The van der Waals surface area contributed by atoms with Gasteiger partial charge in [-0.2, -0.15) is 0 Å². The molecule has 1 aliphatic rings. The van der Waals surface area contributed by atoms with Crippen LogP contribution in [0.3, 0.4) is 0 Å². The van der Waals surface area contributed by atoms with Crippen LogP contribution in [0.15, 0.2) is 18.2 Å². The van der Waals surface area contributed by atoms with Crippen molar-refractivity contribution in [1.82, 2.24) is 5.32 Å². The van der Waals surface area contributed by atoms with Gasteiger partial charge in [-0.3, -0.25) is 4.79 Å². The van der Waals surface area contributed by atoms with Crippen molar-refractivity contribution in [1.29, 1.82) is 0 Å². The molecule has 1 saturated heterocycles. The average Bonchev–Trinajstić information content (AvgIpc) is 2.43. The molecule has 1 aromatic carbocycles. The number of hydrogen-bond acceptors (Lipinski definition) is 3. The number of amides is 1. The van der Waals surface area contributed by atoms with E-state index in [-0.39, 0.29) is 23.9 Å². The van der Waals surface area contributed by atoms with Gasteiger partial charge in [-0.1, -0.05) is 19.9 Å². The van der Waals surface area contributed by atoms with Crippen LogP contribution in [0.5, 0.6) is 0 Å². The Morgan fingerprint density at radius 3 is 2.57 bits per heavy atom. The predicted octanol–water partition coefficient (Wildman–Crippen LogP) is 3.10. The second-order valence-corrected chi connectivity index (χ2v) is 6.82. The van der Waals surface area contributed by atoms with Gasteiger partial charge in [-0.25, -0.2) is 4.39 Å². The molecule has 128 valence electrons. The molecule has 1 N–H and O–H groups in total. The summed E-state index contributed by atoms with van der Waals surface area (Å²) in [5, 5.41) is 2.83. The van der Waals surface area contributed by atoms with Crippen LogP contribution < -0.4 is 10.2 Å². The van der Waals surface area contributed by atoms with E-state index in [1.165, 1.54) is 6.07 Å². The first-order valence-corrected chi connectivity index (χ1v) is 8.30. The standard InChI is InChI=1S/C18H27FN2O2/c1-12(2)7-18(22)20-9-15-5-6-17(16(19)8-15)21-10-13(3)23-14(4)11-21/h5-6,8,12-14H,7,9-11H2,1-4H3,(H,20,22)/t13-,14-/m1/s1. The quantitative estimate of drug-likeness (QED) is 0.906. The summed E-state index contributed by atoms with van der Waals surface area (Å²) in [5.74, 6) is 0.0710. The Morgan fingerprint density at radius 2 is 2.00 bits per heavy atom. The molecule has 0 aromatic heterocycles. The van der Waals surface area contributed by atoms with Crippen LogP contribution in [0.4, 0.5) is 10.1 Å². The largest absolute Gasteiger partial charge is 0.372 e. The van der Waals surface area contributed by atoms with Gasteiger partial charge in [0.15, 0.2) is 0 Å². The molecule has 0 aliphatic carbocycles. The zero-order valence-electron chi connectivity index (χ0n) is 14.4. The normalized spacial score (nSPS) is 21.6. The highest BCUT2D eigenvalue weighted by atomic mass is 19.1. The molecule has 2 atom stereocenters. The second-order valence-electron chi connectivity index (χ2n) is 6.82. The third-order valence-corrected chi connectivity index (χ3v) is 3.86. The summed E-state index contributed by atoms with van der Waals surface area (Å²) in [6.07, 6.45) is 0.672. The maximum atomic E-state index is 14.4. The van der Waals surface area contributed by atoms with E-state index in [1.54, 1.807) is 6.07 Å². The van der Waals surface area contributed by atoms with Gasteiger partial charge in [0.05, 0.1) is 17.9 Å². The minimum Gasteiger partial charge on any atom is -0.372 e. The lowest BCUT2D eigenvalue weighted by Crippen LogP contribution is -2.45. The smallest absolute Gasteiger partial charge is 0.220 e. The number of hydrogen-bond donors (Lipinski definition) is 1. The average molecular weight is 322 g/mol. The minimum absolute atomic E-state index is 0.000290. The second kappa shape index (κ2) is 7.77. The SMILES string of the molecule is CC(C)CC(=O)NCc1ccc(N2C[C@@H](C)O[C@H](C)C2)c(F)c1. The zero-order chi connectivity index (χ0) is 17.0. The lowest BCUT2D eigenvalue weighted by Gasteiger charge is -2.37. The van der Waals surface area contributed by atoms with Gasteiger partial charge in [0.25, 0.3) is 0 Å². The summed E-state index contributed by atoms with van der Waals surface area (Å²) in [6.45, 7) is 9.73. The minimum atomic E-state index is -0.248. The van der Waals surface area contributed by atoms with Gasteiger partial charge in [-0.05, 0) is 37.5 Å². The van der Waals surface area contributed by atoms with Crippen LogP contribution in [0.2, 0.25) is 0 Å². The van der Waals surface area contributed by atoms with E-state index in [4.69, 9.17) is 4.74 Å². The fourth-order valence-electron chi connectivity index (χ4n) is 2.94. The van der Waals surface area contributed by atoms with Crippen molar-refractivity contribution in [3.8, 4) is 0 Å². The first kappa shape index (κ1) is 17.7. The maximum Gasteiger partial charge on any atom is 0.220 e. The monoisotopic (exact) mass is 322 g/mol. The van der Waals surface area contributed by atoms with E-state index in [9.17, 15) is 9.18 Å².